The quantitative estimate of drug-likeness (QED) is 0.721. The van der Waals surface area contributed by atoms with E-state index in [2.05, 4.69) is 25.5 Å². The number of hydrogen-bond acceptors (Lipinski definition) is 5. The second kappa shape index (κ2) is 8.35. The van der Waals surface area contributed by atoms with Crippen molar-refractivity contribution in [2.45, 2.75) is 68.0 Å². The van der Waals surface area contributed by atoms with Crippen molar-refractivity contribution in [3.8, 4) is 0 Å². The molecule has 0 saturated carbocycles. The molecule has 0 bridgehead atoms. The summed E-state index contributed by atoms with van der Waals surface area (Å²) < 4.78 is 56.1. The van der Waals surface area contributed by atoms with Gasteiger partial charge >= 0.3 is 0 Å². The molecule has 1 aromatic heterocycles. The summed E-state index contributed by atoms with van der Waals surface area (Å²) in [5.74, 6) is 0. The summed E-state index contributed by atoms with van der Waals surface area (Å²) in [5, 5.41) is 1.72. The van der Waals surface area contributed by atoms with Gasteiger partial charge < -0.3 is 0 Å². The fourth-order valence-electron chi connectivity index (χ4n) is 3.83. The third-order valence-corrected chi connectivity index (χ3v) is 10.6. The number of nitrogens with zero attached hydrogens (tertiary/aromatic N) is 1. The topological polar surface area (TPSA) is 83.6 Å². The third kappa shape index (κ3) is 4.80. The maximum atomic E-state index is 13.4. The number of piperidine rings is 1. The number of hydrogen-bond donors (Lipinski definition) is 1. The molecule has 0 spiro atoms. The number of sulfonamides is 2. The molecule has 1 N–H and O–H groups in total. The van der Waals surface area contributed by atoms with E-state index in [1.807, 2.05) is 26.0 Å². The molecule has 0 aliphatic carbocycles. The Morgan fingerprint density at radius 2 is 1.60 bits per heavy atom. The highest BCUT2D eigenvalue weighted by Gasteiger charge is 2.33. The van der Waals surface area contributed by atoms with E-state index in [4.69, 9.17) is 0 Å². The summed E-state index contributed by atoms with van der Waals surface area (Å²) in [4.78, 5) is 0.369. The molecule has 0 radical (unpaired) electrons. The lowest BCUT2D eigenvalue weighted by Gasteiger charge is -2.32. The Hall–Kier alpha value is -1.26. The fraction of sp³-hybridized carbons (Fsp3) is 0.524. The number of benzene rings is 1. The smallest absolute Gasteiger partial charge is 0.207 e. The molecule has 1 aliphatic rings. The minimum absolute atomic E-state index is 0.0596. The van der Waals surface area contributed by atoms with Crippen LogP contribution in [0, 0.1) is 13.8 Å². The maximum absolute atomic E-state index is 13.4. The van der Waals surface area contributed by atoms with Gasteiger partial charge in [-0.3, -0.25) is 0 Å². The van der Waals surface area contributed by atoms with Gasteiger partial charge in [0.15, 0.2) is 0 Å². The molecule has 0 amide bonds. The van der Waals surface area contributed by atoms with Gasteiger partial charge in [-0.1, -0.05) is 39.0 Å². The van der Waals surface area contributed by atoms with Crippen molar-refractivity contribution >= 4 is 31.4 Å². The summed E-state index contributed by atoms with van der Waals surface area (Å²) in [6.45, 7) is 10.6. The van der Waals surface area contributed by atoms with Crippen molar-refractivity contribution < 1.29 is 16.8 Å². The van der Waals surface area contributed by atoms with Gasteiger partial charge in [-0.25, -0.2) is 21.6 Å². The summed E-state index contributed by atoms with van der Waals surface area (Å²) in [7, 11) is -7.19. The highest BCUT2D eigenvalue weighted by atomic mass is 32.2. The first-order valence-corrected chi connectivity index (χ1v) is 13.8. The van der Waals surface area contributed by atoms with E-state index >= 15 is 0 Å². The van der Waals surface area contributed by atoms with Gasteiger partial charge in [0.05, 0.1) is 4.90 Å². The van der Waals surface area contributed by atoms with E-state index in [0.717, 1.165) is 16.7 Å². The molecule has 0 unspecified atom stereocenters. The molecule has 0 atom stereocenters. The fourth-order valence-corrected chi connectivity index (χ4v) is 8.02. The van der Waals surface area contributed by atoms with Crippen molar-refractivity contribution in [3.05, 3.63) is 46.3 Å². The first-order chi connectivity index (χ1) is 13.8. The van der Waals surface area contributed by atoms with Crippen LogP contribution in [0.4, 0.5) is 0 Å². The van der Waals surface area contributed by atoms with E-state index in [9.17, 15) is 16.8 Å². The zero-order chi connectivity index (χ0) is 22.3. The Bertz CT molecular complexity index is 1080. The van der Waals surface area contributed by atoms with E-state index < -0.39 is 20.0 Å². The van der Waals surface area contributed by atoms with E-state index in [1.165, 1.54) is 15.6 Å². The monoisotopic (exact) mass is 470 g/mol. The van der Waals surface area contributed by atoms with Crippen LogP contribution in [0.3, 0.4) is 0 Å². The van der Waals surface area contributed by atoms with Crippen molar-refractivity contribution in [1.29, 1.82) is 0 Å². The van der Waals surface area contributed by atoms with Crippen LogP contribution in [-0.2, 0) is 25.5 Å². The average Bonchev–Trinajstić information content (AvgIpc) is 3.16. The van der Waals surface area contributed by atoms with Crippen LogP contribution in [-0.4, -0.2) is 40.3 Å². The zero-order valence-corrected chi connectivity index (χ0v) is 20.5. The summed E-state index contributed by atoms with van der Waals surface area (Å²) in [6.07, 6.45) is 0.893. The van der Waals surface area contributed by atoms with Crippen molar-refractivity contribution in [2.75, 3.05) is 13.1 Å². The molecule has 1 aliphatic heterocycles. The first-order valence-electron chi connectivity index (χ1n) is 10.00. The molecule has 3 rings (SSSR count). The lowest BCUT2D eigenvalue weighted by atomic mass is 9.85. The van der Waals surface area contributed by atoms with Crippen LogP contribution in [0.5, 0.6) is 0 Å². The zero-order valence-electron chi connectivity index (χ0n) is 18.1. The molecule has 1 saturated heterocycles. The molecule has 2 aromatic rings. The van der Waals surface area contributed by atoms with Crippen LogP contribution >= 0.6 is 11.3 Å². The van der Waals surface area contributed by atoms with E-state index in [-0.39, 0.29) is 15.7 Å². The molecule has 1 fully saturated rings. The van der Waals surface area contributed by atoms with Crippen LogP contribution in [0.15, 0.2) is 38.8 Å². The molecule has 2 heterocycles. The largest absolute Gasteiger partial charge is 0.250 e. The Labute approximate surface area is 184 Å². The lowest BCUT2D eigenvalue weighted by Crippen LogP contribution is -2.46. The Morgan fingerprint density at radius 3 is 2.07 bits per heavy atom. The van der Waals surface area contributed by atoms with Gasteiger partial charge in [0.2, 0.25) is 20.0 Å². The van der Waals surface area contributed by atoms with E-state index in [0.29, 0.717) is 30.8 Å². The minimum Gasteiger partial charge on any atom is -0.207 e. The van der Waals surface area contributed by atoms with Gasteiger partial charge in [-0.05, 0) is 60.2 Å². The number of rotatable bonds is 5. The van der Waals surface area contributed by atoms with Gasteiger partial charge in [-0.2, -0.15) is 4.31 Å². The number of thiophene rings is 1. The van der Waals surface area contributed by atoms with Crippen LogP contribution in [0.25, 0.3) is 0 Å². The Kier molecular flexibility index (Phi) is 6.51. The standard InChI is InChI=1S/C21H30N2O4S3/c1-15-13-17(21(3,4)5)14-16(2)20(15)30(26,27)23-10-8-18(9-11-23)22-29(24,25)19-7-6-12-28-19/h6-7,12-14,18,22H,8-11H2,1-5H3. The predicted octanol–water partition coefficient (Wildman–Crippen LogP) is 3.79. The van der Waals surface area contributed by atoms with Crippen molar-refractivity contribution in [1.82, 2.24) is 9.03 Å². The van der Waals surface area contributed by atoms with Crippen molar-refractivity contribution in [3.63, 3.8) is 0 Å². The molecule has 6 nitrogen and oxygen atoms in total. The first kappa shape index (κ1) is 23.4. The SMILES string of the molecule is Cc1cc(C(C)(C)C)cc(C)c1S(=O)(=O)N1CCC(NS(=O)(=O)c2cccs2)CC1. The Balaban J connectivity index is 1.75. The minimum atomic E-state index is -3.64. The third-order valence-electron chi connectivity index (χ3n) is 5.46. The van der Waals surface area contributed by atoms with Gasteiger partial charge in [0.1, 0.15) is 4.21 Å². The molecule has 30 heavy (non-hydrogen) atoms. The highest BCUT2D eigenvalue weighted by molar-refractivity contribution is 7.91. The summed E-state index contributed by atoms with van der Waals surface area (Å²) in [5.41, 5.74) is 2.55. The predicted molar refractivity (Wildman–Crippen MR) is 121 cm³/mol. The molecule has 9 heteroatoms. The van der Waals surface area contributed by atoms with Crippen LogP contribution < -0.4 is 4.72 Å². The molecular formula is C21H30N2O4S3. The molecular weight excluding hydrogens is 440 g/mol. The number of nitrogens with one attached hydrogen (secondary N) is 1. The second-order valence-electron chi connectivity index (χ2n) is 8.92. The van der Waals surface area contributed by atoms with Crippen LogP contribution in [0.2, 0.25) is 0 Å². The normalized spacial score (nSPS) is 17.4. The average molecular weight is 471 g/mol. The maximum Gasteiger partial charge on any atom is 0.250 e. The van der Waals surface area contributed by atoms with Gasteiger partial charge in [0.25, 0.3) is 0 Å². The van der Waals surface area contributed by atoms with Gasteiger partial charge in [-0.15, -0.1) is 11.3 Å². The van der Waals surface area contributed by atoms with Crippen molar-refractivity contribution in [2.24, 2.45) is 0 Å². The summed E-state index contributed by atoms with van der Waals surface area (Å²) >= 11 is 1.17. The Morgan fingerprint density at radius 1 is 1.03 bits per heavy atom. The van der Waals surface area contributed by atoms with E-state index in [1.54, 1.807) is 17.5 Å². The lowest BCUT2D eigenvalue weighted by molar-refractivity contribution is 0.308. The summed E-state index contributed by atoms with van der Waals surface area (Å²) in [6, 6.07) is 6.92. The molecule has 166 valence electrons. The van der Waals surface area contributed by atoms with Crippen LogP contribution in [0.1, 0.15) is 50.3 Å². The highest BCUT2D eigenvalue weighted by Crippen LogP contribution is 2.32. The number of aryl methyl sites for hydroxylation is 2. The second-order valence-corrected chi connectivity index (χ2v) is 13.7. The molecule has 1 aromatic carbocycles. The van der Waals surface area contributed by atoms with Gasteiger partial charge in [0, 0.05) is 19.1 Å².